The monoisotopic (exact) mass is 335 g/mol. The van der Waals surface area contributed by atoms with Gasteiger partial charge in [0.15, 0.2) is 0 Å². The molecule has 0 saturated carbocycles. The van der Waals surface area contributed by atoms with E-state index < -0.39 is 0 Å². The number of carbonyl (C=O) groups is 1. The molecule has 6 heteroatoms. The van der Waals surface area contributed by atoms with Gasteiger partial charge in [-0.3, -0.25) is 4.79 Å². The second kappa shape index (κ2) is 11.8. The molecule has 1 unspecified atom stereocenters. The second-order valence-electron chi connectivity index (χ2n) is 5.30. The molecule has 0 aliphatic heterocycles. The summed E-state index contributed by atoms with van der Waals surface area (Å²) in [5, 5.41) is 2.95. The first-order valence-corrected chi connectivity index (χ1v) is 6.73. The maximum Gasteiger partial charge on any atom is 0.220 e. The second-order valence-corrected chi connectivity index (χ2v) is 5.30. The molecule has 122 valence electrons. The average molecular weight is 336 g/mol. The normalized spacial score (nSPS) is 11.3. The molecular formula is C15H27Cl2N3O. The molecular weight excluding hydrogens is 309 g/mol. The van der Waals surface area contributed by atoms with Gasteiger partial charge in [-0.05, 0) is 38.6 Å². The minimum Gasteiger partial charge on any atom is -0.352 e. The summed E-state index contributed by atoms with van der Waals surface area (Å²) in [4.78, 5) is 13.8. The molecule has 1 rings (SSSR count). The van der Waals surface area contributed by atoms with Crippen LogP contribution in [-0.4, -0.2) is 30.9 Å². The summed E-state index contributed by atoms with van der Waals surface area (Å²) >= 11 is 0. The molecule has 1 aromatic rings. The van der Waals surface area contributed by atoms with Crippen LogP contribution in [0.1, 0.15) is 30.9 Å². The van der Waals surface area contributed by atoms with Crippen LogP contribution in [0.5, 0.6) is 0 Å². The SMILES string of the molecule is CC(N)CCC(=O)NCc1ccccc1CN(C)C.Cl.Cl. The number of nitrogens with two attached hydrogens (primary N) is 1. The van der Waals surface area contributed by atoms with E-state index in [0.29, 0.717) is 13.0 Å². The van der Waals surface area contributed by atoms with E-state index in [1.54, 1.807) is 0 Å². The zero-order chi connectivity index (χ0) is 14.3. The Morgan fingerprint density at radius 1 is 1.24 bits per heavy atom. The van der Waals surface area contributed by atoms with E-state index in [-0.39, 0.29) is 36.8 Å². The lowest BCUT2D eigenvalue weighted by Crippen LogP contribution is -2.26. The van der Waals surface area contributed by atoms with Crippen molar-refractivity contribution < 1.29 is 4.79 Å². The first-order chi connectivity index (χ1) is 8.99. The van der Waals surface area contributed by atoms with Gasteiger partial charge in [-0.15, -0.1) is 24.8 Å². The highest BCUT2D eigenvalue weighted by molar-refractivity contribution is 5.85. The van der Waals surface area contributed by atoms with Crippen LogP contribution in [0.15, 0.2) is 24.3 Å². The maximum absolute atomic E-state index is 11.7. The molecule has 0 spiro atoms. The number of carbonyl (C=O) groups excluding carboxylic acids is 1. The van der Waals surface area contributed by atoms with Crippen LogP contribution in [0.4, 0.5) is 0 Å². The first-order valence-electron chi connectivity index (χ1n) is 6.73. The van der Waals surface area contributed by atoms with Gasteiger partial charge in [0, 0.05) is 25.6 Å². The fourth-order valence-corrected chi connectivity index (χ4v) is 1.87. The van der Waals surface area contributed by atoms with E-state index in [0.717, 1.165) is 13.0 Å². The van der Waals surface area contributed by atoms with Gasteiger partial charge in [0.1, 0.15) is 0 Å². The number of halogens is 2. The highest BCUT2D eigenvalue weighted by Gasteiger charge is 2.06. The minimum absolute atomic E-state index is 0. The van der Waals surface area contributed by atoms with Gasteiger partial charge in [0.25, 0.3) is 0 Å². The molecule has 1 amide bonds. The molecule has 0 bridgehead atoms. The lowest BCUT2D eigenvalue weighted by molar-refractivity contribution is -0.121. The van der Waals surface area contributed by atoms with E-state index >= 15 is 0 Å². The van der Waals surface area contributed by atoms with Crippen molar-refractivity contribution in [1.82, 2.24) is 10.2 Å². The number of nitrogens with zero attached hydrogens (tertiary/aromatic N) is 1. The molecule has 0 aromatic heterocycles. The van der Waals surface area contributed by atoms with Gasteiger partial charge in [-0.25, -0.2) is 0 Å². The Morgan fingerprint density at radius 3 is 2.33 bits per heavy atom. The Morgan fingerprint density at radius 2 is 1.81 bits per heavy atom. The highest BCUT2D eigenvalue weighted by Crippen LogP contribution is 2.10. The van der Waals surface area contributed by atoms with Crippen LogP contribution in [-0.2, 0) is 17.9 Å². The third-order valence-electron chi connectivity index (χ3n) is 2.91. The Bertz CT molecular complexity index is 412. The number of amides is 1. The summed E-state index contributed by atoms with van der Waals surface area (Å²) in [6.07, 6.45) is 1.22. The minimum atomic E-state index is 0. The maximum atomic E-state index is 11.7. The zero-order valence-corrected chi connectivity index (χ0v) is 14.6. The summed E-state index contributed by atoms with van der Waals surface area (Å²) in [6.45, 7) is 3.38. The molecule has 0 fully saturated rings. The summed E-state index contributed by atoms with van der Waals surface area (Å²) in [7, 11) is 4.08. The number of benzene rings is 1. The smallest absolute Gasteiger partial charge is 0.220 e. The molecule has 21 heavy (non-hydrogen) atoms. The van der Waals surface area contributed by atoms with Gasteiger partial charge >= 0.3 is 0 Å². The van der Waals surface area contributed by atoms with Crippen molar-refractivity contribution in [2.24, 2.45) is 5.73 Å². The highest BCUT2D eigenvalue weighted by atomic mass is 35.5. The van der Waals surface area contributed by atoms with Gasteiger partial charge < -0.3 is 16.0 Å². The van der Waals surface area contributed by atoms with Crippen LogP contribution in [0.25, 0.3) is 0 Å². The summed E-state index contributed by atoms with van der Waals surface area (Å²) in [6, 6.07) is 8.27. The molecule has 0 radical (unpaired) electrons. The standard InChI is InChI=1S/C15H25N3O.2ClH/c1-12(16)8-9-15(19)17-10-13-6-4-5-7-14(13)11-18(2)3;;/h4-7,12H,8-11,16H2,1-3H3,(H,17,19);2*1H. The lowest BCUT2D eigenvalue weighted by atomic mass is 10.1. The molecule has 0 aliphatic rings. The van der Waals surface area contributed by atoms with E-state index in [4.69, 9.17) is 5.73 Å². The number of rotatable bonds is 7. The van der Waals surface area contributed by atoms with E-state index in [1.807, 2.05) is 33.2 Å². The molecule has 1 aromatic carbocycles. The van der Waals surface area contributed by atoms with Crippen LogP contribution in [0.2, 0.25) is 0 Å². The Kier molecular flexibility index (Phi) is 12.6. The van der Waals surface area contributed by atoms with Crippen LogP contribution >= 0.6 is 24.8 Å². The Labute approximate surface area is 140 Å². The average Bonchev–Trinajstić information content (AvgIpc) is 2.34. The van der Waals surface area contributed by atoms with Crippen molar-refractivity contribution in [2.75, 3.05) is 14.1 Å². The Balaban J connectivity index is 0. The predicted octanol–water partition coefficient (Wildman–Crippen LogP) is 2.34. The van der Waals surface area contributed by atoms with Crippen molar-refractivity contribution >= 4 is 30.7 Å². The largest absolute Gasteiger partial charge is 0.352 e. The van der Waals surface area contributed by atoms with Gasteiger partial charge in [-0.2, -0.15) is 0 Å². The van der Waals surface area contributed by atoms with E-state index in [1.165, 1.54) is 11.1 Å². The third-order valence-corrected chi connectivity index (χ3v) is 2.91. The fraction of sp³-hybridized carbons (Fsp3) is 0.533. The number of hydrogen-bond acceptors (Lipinski definition) is 3. The van der Waals surface area contributed by atoms with Crippen molar-refractivity contribution in [2.45, 2.75) is 38.9 Å². The number of nitrogens with one attached hydrogen (secondary N) is 1. The topological polar surface area (TPSA) is 58.4 Å². The van der Waals surface area contributed by atoms with Crippen LogP contribution < -0.4 is 11.1 Å². The quantitative estimate of drug-likeness (QED) is 0.803. The van der Waals surface area contributed by atoms with Gasteiger partial charge in [0.2, 0.25) is 5.91 Å². The summed E-state index contributed by atoms with van der Waals surface area (Å²) in [5.74, 6) is 0.0666. The van der Waals surface area contributed by atoms with Crippen molar-refractivity contribution in [3.05, 3.63) is 35.4 Å². The zero-order valence-electron chi connectivity index (χ0n) is 13.0. The first kappa shape index (κ1) is 22.5. The van der Waals surface area contributed by atoms with Crippen LogP contribution in [0.3, 0.4) is 0 Å². The molecule has 3 N–H and O–H groups in total. The third kappa shape index (κ3) is 9.69. The van der Waals surface area contributed by atoms with E-state index in [9.17, 15) is 4.79 Å². The van der Waals surface area contributed by atoms with Crippen molar-refractivity contribution in [3.63, 3.8) is 0 Å². The van der Waals surface area contributed by atoms with Crippen molar-refractivity contribution in [3.8, 4) is 0 Å². The summed E-state index contributed by atoms with van der Waals surface area (Å²) < 4.78 is 0. The number of hydrogen-bond donors (Lipinski definition) is 2. The lowest BCUT2D eigenvalue weighted by Gasteiger charge is -2.14. The molecule has 0 aliphatic carbocycles. The molecule has 1 atom stereocenters. The molecule has 4 nitrogen and oxygen atoms in total. The van der Waals surface area contributed by atoms with Crippen LogP contribution in [0, 0.1) is 0 Å². The van der Waals surface area contributed by atoms with Crippen molar-refractivity contribution in [1.29, 1.82) is 0 Å². The van der Waals surface area contributed by atoms with Gasteiger partial charge in [0.05, 0.1) is 0 Å². The van der Waals surface area contributed by atoms with E-state index in [2.05, 4.69) is 22.3 Å². The predicted molar refractivity (Wildman–Crippen MR) is 93.1 cm³/mol. The summed E-state index contributed by atoms with van der Waals surface area (Å²) in [5.41, 5.74) is 8.06. The Hall–Kier alpha value is -0.810. The van der Waals surface area contributed by atoms with Gasteiger partial charge in [-0.1, -0.05) is 24.3 Å². The molecule has 0 heterocycles. The molecule has 0 saturated heterocycles. The fourth-order valence-electron chi connectivity index (χ4n) is 1.87.